The predicted molar refractivity (Wildman–Crippen MR) is 119 cm³/mol. The Morgan fingerprint density at radius 3 is 2.53 bits per heavy atom. The highest BCUT2D eigenvalue weighted by atomic mass is 35.5. The summed E-state index contributed by atoms with van der Waals surface area (Å²) in [5.74, 6) is 0.309. The van der Waals surface area contributed by atoms with E-state index in [9.17, 15) is 9.59 Å². The number of thiazole rings is 1. The van der Waals surface area contributed by atoms with Gasteiger partial charge in [0.25, 0.3) is 5.91 Å². The number of aromatic nitrogens is 1. The normalized spacial score (nSPS) is 17.1. The number of ether oxygens (including phenoxy) is 2. The van der Waals surface area contributed by atoms with E-state index < -0.39 is 6.10 Å². The minimum absolute atomic E-state index is 0.0499. The summed E-state index contributed by atoms with van der Waals surface area (Å²) in [6.07, 6.45) is 1.07. The highest BCUT2D eigenvalue weighted by Gasteiger charge is 2.31. The van der Waals surface area contributed by atoms with Gasteiger partial charge in [0.1, 0.15) is 5.75 Å². The second-order valence-corrected chi connectivity index (χ2v) is 9.04. The number of nitrogens with zero attached hydrogens (tertiary/aromatic N) is 2. The molecule has 0 N–H and O–H groups in total. The van der Waals surface area contributed by atoms with Crippen molar-refractivity contribution >= 4 is 39.8 Å². The largest absolute Gasteiger partial charge is 0.481 e. The Kier molecular flexibility index (Phi) is 7.16. The first-order valence-corrected chi connectivity index (χ1v) is 11.2. The number of carbonyl (C=O) groups excluding carboxylic acids is 2. The van der Waals surface area contributed by atoms with Gasteiger partial charge in [0, 0.05) is 18.6 Å². The van der Waals surface area contributed by atoms with Crippen molar-refractivity contribution < 1.29 is 19.1 Å². The lowest BCUT2D eigenvalue weighted by Gasteiger charge is -2.26. The Morgan fingerprint density at radius 2 is 2.00 bits per heavy atom. The monoisotopic (exact) mass is 450 g/mol. The molecule has 2 heterocycles. The highest BCUT2D eigenvalue weighted by Crippen LogP contribution is 2.30. The third kappa shape index (κ3) is 5.02. The minimum atomic E-state index is -0.739. The maximum atomic E-state index is 13.4. The van der Waals surface area contributed by atoms with E-state index in [0.717, 1.165) is 24.0 Å². The fourth-order valence-corrected chi connectivity index (χ4v) is 4.61. The van der Waals surface area contributed by atoms with Crippen molar-refractivity contribution in [3.8, 4) is 5.75 Å². The first-order chi connectivity index (χ1) is 14.2. The molecule has 1 aromatic heterocycles. The van der Waals surface area contributed by atoms with Crippen LogP contribution in [-0.2, 0) is 9.53 Å². The highest BCUT2D eigenvalue weighted by molar-refractivity contribution is 7.17. The Bertz CT molecular complexity index is 930. The molecule has 1 amide bonds. The lowest BCUT2D eigenvalue weighted by Crippen LogP contribution is -2.44. The van der Waals surface area contributed by atoms with E-state index in [4.69, 9.17) is 21.1 Å². The molecule has 0 bridgehead atoms. The average molecular weight is 451 g/mol. The molecule has 2 aromatic rings. The van der Waals surface area contributed by atoms with Crippen molar-refractivity contribution in [1.82, 2.24) is 4.98 Å². The van der Waals surface area contributed by atoms with Crippen LogP contribution < -0.4 is 9.64 Å². The molecule has 162 valence electrons. The van der Waals surface area contributed by atoms with E-state index in [1.165, 1.54) is 18.3 Å². The molecule has 6 nitrogen and oxygen atoms in total. The van der Waals surface area contributed by atoms with Crippen molar-refractivity contribution in [3.63, 3.8) is 0 Å². The second-order valence-electron chi connectivity index (χ2n) is 7.68. The van der Waals surface area contributed by atoms with Crippen LogP contribution >= 0.6 is 22.9 Å². The van der Waals surface area contributed by atoms with Crippen LogP contribution in [-0.4, -0.2) is 42.0 Å². The standard InChI is InChI=1S/C22H27ClN2O4S/c1-12-9-18(10-13(2)19(12)23)29-16(5)21(27)25(11-17-7-6-8-28-17)22-24-14(3)20(30-22)15(4)26/h9-10,16-17H,6-8,11H2,1-5H3/t16-,17-/m0/s1. The smallest absolute Gasteiger partial charge is 0.269 e. The third-order valence-corrected chi connectivity index (χ3v) is 6.96. The van der Waals surface area contributed by atoms with Gasteiger partial charge >= 0.3 is 0 Å². The van der Waals surface area contributed by atoms with Gasteiger partial charge in [-0.25, -0.2) is 4.98 Å². The number of hydrogen-bond donors (Lipinski definition) is 0. The van der Waals surface area contributed by atoms with E-state index in [2.05, 4.69) is 4.98 Å². The Labute approximate surface area is 186 Å². The van der Waals surface area contributed by atoms with Crippen LogP contribution in [0.25, 0.3) is 0 Å². The van der Waals surface area contributed by atoms with Gasteiger partial charge in [-0.1, -0.05) is 22.9 Å². The summed E-state index contributed by atoms with van der Waals surface area (Å²) < 4.78 is 11.7. The molecule has 0 aliphatic carbocycles. The molecule has 0 unspecified atom stereocenters. The van der Waals surface area contributed by atoms with Crippen LogP contribution in [0.2, 0.25) is 5.02 Å². The van der Waals surface area contributed by atoms with Crippen molar-refractivity contribution in [2.24, 2.45) is 0 Å². The van der Waals surface area contributed by atoms with E-state index >= 15 is 0 Å². The number of carbonyl (C=O) groups is 2. The van der Waals surface area contributed by atoms with Gasteiger partial charge in [-0.2, -0.15) is 0 Å². The van der Waals surface area contributed by atoms with Crippen LogP contribution in [0.4, 0.5) is 5.13 Å². The van der Waals surface area contributed by atoms with Crippen LogP contribution in [0.3, 0.4) is 0 Å². The maximum Gasteiger partial charge on any atom is 0.269 e. The van der Waals surface area contributed by atoms with E-state index in [1.54, 1.807) is 18.7 Å². The SMILES string of the molecule is CC(=O)c1sc(N(C[C@@H]2CCCO2)C(=O)[C@H](C)Oc2cc(C)c(Cl)c(C)c2)nc1C. The molecule has 1 aromatic carbocycles. The van der Waals surface area contributed by atoms with Gasteiger partial charge in [0.2, 0.25) is 0 Å². The fraction of sp³-hybridized carbons (Fsp3) is 0.500. The Morgan fingerprint density at radius 1 is 1.33 bits per heavy atom. The summed E-state index contributed by atoms with van der Waals surface area (Å²) in [5.41, 5.74) is 2.42. The molecule has 1 aliphatic heterocycles. The minimum Gasteiger partial charge on any atom is -0.481 e. The zero-order valence-electron chi connectivity index (χ0n) is 18.0. The topological polar surface area (TPSA) is 68.7 Å². The van der Waals surface area contributed by atoms with Gasteiger partial charge in [-0.15, -0.1) is 0 Å². The number of halogens is 1. The Balaban J connectivity index is 1.85. The van der Waals surface area contributed by atoms with Crippen molar-refractivity contribution in [2.45, 2.75) is 59.7 Å². The van der Waals surface area contributed by atoms with E-state index in [0.29, 0.717) is 39.6 Å². The van der Waals surface area contributed by atoms with Gasteiger partial charge in [0.05, 0.1) is 23.2 Å². The third-order valence-electron chi connectivity index (χ3n) is 5.08. The number of hydrogen-bond acceptors (Lipinski definition) is 6. The number of Topliss-reactive ketones (excluding diaryl/α,β-unsaturated/α-hetero) is 1. The molecular formula is C22H27ClN2O4S. The van der Waals surface area contributed by atoms with Crippen LogP contribution in [0.1, 0.15) is 53.2 Å². The summed E-state index contributed by atoms with van der Waals surface area (Å²) in [6.45, 7) is 9.89. The van der Waals surface area contributed by atoms with Crippen molar-refractivity contribution in [2.75, 3.05) is 18.1 Å². The lowest BCUT2D eigenvalue weighted by molar-refractivity contribution is -0.125. The summed E-state index contributed by atoms with van der Waals surface area (Å²) in [7, 11) is 0. The summed E-state index contributed by atoms with van der Waals surface area (Å²) in [6, 6.07) is 3.65. The molecular weight excluding hydrogens is 424 g/mol. The number of ketones is 1. The van der Waals surface area contributed by atoms with E-state index in [1.807, 2.05) is 26.0 Å². The summed E-state index contributed by atoms with van der Waals surface area (Å²) >= 11 is 7.47. The second kappa shape index (κ2) is 9.45. The molecule has 1 aliphatic rings. The summed E-state index contributed by atoms with van der Waals surface area (Å²) in [4.78, 5) is 31.9. The van der Waals surface area contributed by atoms with Crippen molar-refractivity contribution in [1.29, 1.82) is 0 Å². The van der Waals surface area contributed by atoms with Crippen molar-refractivity contribution in [3.05, 3.63) is 38.9 Å². The summed E-state index contributed by atoms with van der Waals surface area (Å²) in [5, 5.41) is 1.19. The van der Waals surface area contributed by atoms with Gasteiger partial charge in [-0.3, -0.25) is 14.5 Å². The van der Waals surface area contributed by atoms with Gasteiger partial charge in [-0.05, 0) is 63.8 Å². The first kappa shape index (κ1) is 22.7. The molecule has 0 spiro atoms. The number of rotatable bonds is 7. The fourth-order valence-electron chi connectivity index (χ4n) is 3.53. The van der Waals surface area contributed by atoms with Crippen LogP contribution in [0.5, 0.6) is 5.75 Å². The van der Waals surface area contributed by atoms with Gasteiger partial charge in [0.15, 0.2) is 17.0 Å². The maximum absolute atomic E-state index is 13.4. The molecule has 30 heavy (non-hydrogen) atoms. The molecule has 3 rings (SSSR count). The first-order valence-electron chi connectivity index (χ1n) is 10.0. The number of benzene rings is 1. The van der Waals surface area contributed by atoms with Crippen LogP contribution in [0.15, 0.2) is 12.1 Å². The molecule has 8 heteroatoms. The average Bonchev–Trinajstić information content (AvgIpc) is 3.32. The van der Waals surface area contributed by atoms with Crippen LogP contribution in [0, 0.1) is 20.8 Å². The molecule has 1 fully saturated rings. The number of aryl methyl sites for hydroxylation is 3. The molecule has 1 saturated heterocycles. The van der Waals surface area contributed by atoms with Gasteiger partial charge < -0.3 is 9.47 Å². The number of amides is 1. The quantitative estimate of drug-likeness (QED) is 0.561. The molecule has 2 atom stereocenters. The predicted octanol–water partition coefficient (Wildman–Crippen LogP) is 4.90. The Hall–Kier alpha value is -1.96. The number of anilines is 1. The zero-order chi connectivity index (χ0) is 22.0. The van der Waals surface area contributed by atoms with E-state index in [-0.39, 0.29) is 17.8 Å². The zero-order valence-corrected chi connectivity index (χ0v) is 19.5. The molecule has 0 radical (unpaired) electrons. The molecule has 0 saturated carbocycles. The lowest BCUT2D eigenvalue weighted by atomic mass is 10.1.